The molecule has 8 heteroatoms. The molecule has 0 heterocycles. The number of hydrogen-bond acceptors (Lipinski definition) is 3. The van der Waals surface area contributed by atoms with Crippen LogP contribution in [0.5, 0.6) is 5.75 Å². The van der Waals surface area contributed by atoms with Crippen molar-refractivity contribution in [2.45, 2.75) is 24.9 Å². The fourth-order valence-electron chi connectivity index (χ4n) is 3.34. The fourth-order valence-corrected chi connectivity index (χ4v) is 4.50. The lowest BCUT2D eigenvalue weighted by molar-refractivity contribution is 0.0895. The normalized spacial score (nSPS) is 15.2. The van der Waals surface area contributed by atoms with Crippen molar-refractivity contribution in [1.29, 1.82) is 0 Å². The Balaban J connectivity index is 1.96. The summed E-state index contributed by atoms with van der Waals surface area (Å²) in [4.78, 5) is 22.8. The molecule has 0 saturated carbocycles. The van der Waals surface area contributed by atoms with Crippen molar-refractivity contribution in [3.63, 3.8) is 0 Å². The van der Waals surface area contributed by atoms with Crippen molar-refractivity contribution >= 4 is 29.3 Å². The van der Waals surface area contributed by atoms with E-state index in [1.54, 1.807) is 36.4 Å². The number of rotatable bonds is 8. The number of halogens is 3. The van der Waals surface area contributed by atoms with Crippen LogP contribution in [0.15, 0.2) is 83.3 Å². The van der Waals surface area contributed by atoms with Gasteiger partial charge in [-0.2, -0.15) is 8.78 Å². The van der Waals surface area contributed by atoms with E-state index in [9.17, 15) is 23.0 Å². The minimum absolute atomic E-state index is 0.0618. The lowest BCUT2D eigenvalue weighted by atomic mass is 9.72. The van der Waals surface area contributed by atoms with Crippen LogP contribution in [0.2, 0.25) is 0 Å². The molecule has 0 fully saturated rings. The molecule has 0 amide bonds. The van der Waals surface area contributed by atoms with Gasteiger partial charge in [-0.05, 0) is 52.5 Å². The Kier molecular flexibility index (Phi) is 7.10. The topological polar surface area (TPSA) is 63.6 Å². The van der Waals surface area contributed by atoms with E-state index in [1.807, 2.05) is 43.3 Å². The van der Waals surface area contributed by atoms with E-state index in [1.165, 1.54) is 6.07 Å². The predicted molar refractivity (Wildman–Crippen MR) is 119 cm³/mol. The third kappa shape index (κ3) is 5.29. The first kappa shape index (κ1) is 23.3. The summed E-state index contributed by atoms with van der Waals surface area (Å²) in [6.45, 7) is 1.86. The first-order valence-electron chi connectivity index (χ1n) is 9.37. The van der Waals surface area contributed by atoms with Crippen LogP contribution >= 0.6 is 23.5 Å². The van der Waals surface area contributed by atoms with Crippen molar-refractivity contribution in [2.75, 3.05) is 0 Å². The van der Waals surface area contributed by atoms with E-state index in [4.69, 9.17) is 0 Å². The number of ketones is 1. The Bertz CT molecular complexity index is 1110. The zero-order chi connectivity index (χ0) is 22.6. The van der Waals surface area contributed by atoms with Crippen molar-refractivity contribution in [2.24, 2.45) is 0 Å². The van der Waals surface area contributed by atoms with Gasteiger partial charge in [0.25, 0.3) is 0 Å². The van der Waals surface area contributed by atoms with Crippen LogP contribution in [0, 0.1) is 0 Å². The van der Waals surface area contributed by atoms with Crippen LogP contribution in [0.4, 0.5) is 8.78 Å². The summed E-state index contributed by atoms with van der Waals surface area (Å²) in [6, 6.07) is 22.9. The lowest BCUT2D eigenvalue weighted by Gasteiger charge is -2.29. The monoisotopic (exact) mass is 508 g/mol. The first-order valence-corrected chi connectivity index (χ1v) is 11.8. The molecule has 2 atom stereocenters. The summed E-state index contributed by atoms with van der Waals surface area (Å²) >= 11 is 3.21. The molecule has 0 aliphatic heterocycles. The number of benzene rings is 3. The Morgan fingerprint density at radius 2 is 1.65 bits per heavy atom. The predicted octanol–water partition coefficient (Wildman–Crippen LogP) is 6.62. The maximum Gasteiger partial charge on any atom is 0.442 e. The highest BCUT2D eigenvalue weighted by Crippen LogP contribution is 2.50. The number of alkyl halides is 2. The summed E-state index contributed by atoms with van der Waals surface area (Å²) < 4.78 is 41.7. The van der Waals surface area contributed by atoms with Crippen LogP contribution in [0.3, 0.4) is 0 Å². The largest absolute Gasteiger partial charge is 0.442 e. The van der Waals surface area contributed by atoms with Gasteiger partial charge in [0.15, 0.2) is 5.78 Å². The Morgan fingerprint density at radius 3 is 2.19 bits per heavy atom. The maximum atomic E-state index is 13.5. The van der Waals surface area contributed by atoms with Crippen molar-refractivity contribution in [3.8, 4) is 5.75 Å². The minimum Gasteiger partial charge on any atom is -0.420 e. The lowest BCUT2D eigenvalue weighted by Crippen LogP contribution is -2.35. The molecule has 0 spiro atoms. The van der Waals surface area contributed by atoms with Gasteiger partial charge in [-0.1, -0.05) is 66.7 Å². The molecule has 3 aromatic rings. The van der Waals surface area contributed by atoms with E-state index in [2.05, 4.69) is 20.5 Å². The third-order valence-corrected chi connectivity index (χ3v) is 6.55. The van der Waals surface area contributed by atoms with Gasteiger partial charge in [0.05, 0.1) is 9.89 Å². The Labute approximate surface area is 187 Å². The highest BCUT2D eigenvalue weighted by atomic mass is 79.9. The fraction of sp³-hybridized carbons (Fsp3) is 0.174. The molecule has 0 aliphatic rings. The smallest absolute Gasteiger partial charge is 0.420 e. The van der Waals surface area contributed by atoms with E-state index in [-0.39, 0.29) is 16.0 Å². The average molecular weight is 509 g/mol. The Morgan fingerprint density at radius 1 is 1.06 bits per heavy atom. The van der Waals surface area contributed by atoms with Gasteiger partial charge in [0.1, 0.15) is 5.75 Å². The average Bonchev–Trinajstić information content (AvgIpc) is 2.76. The number of carbonyl (C=O) groups is 1. The summed E-state index contributed by atoms with van der Waals surface area (Å²) in [5.41, 5.74) is 1.23. The molecule has 0 aromatic heterocycles. The van der Waals surface area contributed by atoms with Crippen LogP contribution in [0.1, 0.15) is 28.4 Å². The molecule has 4 nitrogen and oxygen atoms in total. The number of carbonyl (C=O) groups excluding carboxylic acids is 1. The van der Waals surface area contributed by atoms with E-state index in [0.717, 1.165) is 11.1 Å². The molecule has 3 rings (SSSR count). The second-order valence-electron chi connectivity index (χ2n) is 7.27. The SMILES string of the molecule is CC(Cc1ccc(OP(=O)(O)C(F)F)c(Br)c1)(C(=O)c1ccccc1)c1ccccc1. The van der Waals surface area contributed by atoms with Crippen LogP contribution in [-0.2, 0) is 16.4 Å². The molecule has 0 aliphatic carbocycles. The number of Topliss-reactive ketones (excluding diaryl/α,β-unsaturated/α-hetero) is 1. The van der Waals surface area contributed by atoms with Crippen molar-refractivity contribution in [3.05, 3.63) is 100 Å². The van der Waals surface area contributed by atoms with Crippen molar-refractivity contribution in [1.82, 2.24) is 0 Å². The standard InChI is InChI=1S/C23H20BrF2O4P/c1-23(18-10-6-3-7-11-18,21(27)17-8-4-2-5-9-17)15-16-12-13-20(19(24)14-16)30-31(28,29)22(25)26/h2-14,22H,15H2,1H3,(H,28,29). The Hall–Kier alpha value is -2.34. The summed E-state index contributed by atoms with van der Waals surface area (Å²) in [5.74, 6) is -0.237. The first-order chi connectivity index (χ1) is 14.6. The molecule has 0 saturated heterocycles. The van der Waals surface area contributed by atoms with E-state index >= 15 is 0 Å². The molecule has 3 aromatic carbocycles. The quantitative estimate of drug-likeness (QED) is 0.274. The summed E-state index contributed by atoms with van der Waals surface area (Å²) in [7, 11) is -5.09. The highest BCUT2D eigenvalue weighted by molar-refractivity contribution is 9.10. The van der Waals surface area contributed by atoms with Crippen molar-refractivity contribution < 1.29 is 27.6 Å². The van der Waals surface area contributed by atoms with Crippen LogP contribution < -0.4 is 4.52 Å². The summed E-state index contributed by atoms with van der Waals surface area (Å²) in [6.07, 6.45) is -3.20. The zero-order valence-electron chi connectivity index (χ0n) is 16.5. The van der Waals surface area contributed by atoms with Gasteiger partial charge in [-0.25, -0.2) is 4.57 Å². The molecule has 2 unspecified atom stereocenters. The van der Waals surface area contributed by atoms with Gasteiger partial charge in [0, 0.05) is 5.56 Å². The highest BCUT2D eigenvalue weighted by Gasteiger charge is 2.37. The van der Waals surface area contributed by atoms with E-state index < -0.39 is 19.2 Å². The van der Waals surface area contributed by atoms with Gasteiger partial charge >= 0.3 is 13.8 Å². The maximum absolute atomic E-state index is 13.5. The third-order valence-electron chi connectivity index (χ3n) is 4.98. The molecular weight excluding hydrogens is 489 g/mol. The molecule has 162 valence electrons. The summed E-state index contributed by atoms with van der Waals surface area (Å²) in [5, 5.41) is 0. The van der Waals surface area contributed by atoms with Gasteiger partial charge < -0.3 is 9.42 Å². The van der Waals surface area contributed by atoms with Crippen LogP contribution in [-0.4, -0.2) is 16.8 Å². The van der Waals surface area contributed by atoms with E-state index in [0.29, 0.717) is 12.0 Å². The minimum atomic E-state index is -5.09. The van der Waals surface area contributed by atoms with Gasteiger partial charge in [0.2, 0.25) is 0 Å². The molecule has 31 heavy (non-hydrogen) atoms. The zero-order valence-corrected chi connectivity index (χ0v) is 19.0. The second-order valence-corrected chi connectivity index (χ2v) is 9.82. The molecule has 1 N–H and O–H groups in total. The second kappa shape index (κ2) is 9.43. The number of hydrogen-bond donors (Lipinski definition) is 1. The van der Waals surface area contributed by atoms with Crippen LogP contribution in [0.25, 0.3) is 0 Å². The molecule has 0 bridgehead atoms. The molecular formula is C23H20BrF2O4P. The van der Waals surface area contributed by atoms with Gasteiger partial charge in [-0.3, -0.25) is 4.79 Å². The molecule has 0 radical (unpaired) electrons. The van der Waals surface area contributed by atoms with Gasteiger partial charge in [-0.15, -0.1) is 0 Å².